The van der Waals surface area contributed by atoms with Crippen molar-refractivity contribution >= 4 is 28.9 Å². The van der Waals surface area contributed by atoms with Gasteiger partial charge in [0.15, 0.2) is 0 Å². The lowest BCUT2D eigenvalue weighted by Gasteiger charge is -2.25. The summed E-state index contributed by atoms with van der Waals surface area (Å²) in [7, 11) is 2.03. The number of hydrogen-bond donors (Lipinski definition) is 1. The molecule has 2 aromatic rings. The average molecular weight is 348 g/mol. The van der Waals surface area contributed by atoms with Gasteiger partial charge in [0.1, 0.15) is 5.82 Å². The molecule has 3 nitrogen and oxygen atoms in total. The fraction of sp³-hybridized carbons (Fsp3) is 0.222. The summed E-state index contributed by atoms with van der Waals surface area (Å²) < 4.78 is 0. The van der Waals surface area contributed by atoms with Gasteiger partial charge in [-0.2, -0.15) is 0 Å². The van der Waals surface area contributed by atoms with E-state index in [-0.39, 0.29) is 0 Å². The number of halogens is 2. The van der Waals surface area contributed by atoms with Crippen LogP contribution in [0.25, 0.3) is 0 Å². The van der Waals surface area contributed by atoms with Crippen LogP contribution in [0.5, 0.6) is 0 Å². The number of para-hydroxylation sites is 1. The topological polar surface area (TPSA) is 18.5 Å². The van der Waals surface area contributed by atoms with Gasteiger partial charge in [-0.05, 0) is 24.1 Å². The van der Waals surface area contributed by atoms with Gasteiger partial charge in [-0.1, -0.05) is 59.6 Å². The van der Waals surface area contributed by atoms with E-state index in [0.717, 1.165) is 31.1 Å². The van der Waals surface area contributed by atoms with Gasteiger partial charge in [0.2, 0.25) is 0 Å². The first kappa shape index (κ1) is 16.0. The highest BCUT2D eigenvalue weighted by Crippen LogP contribution is 2.36. The summed E-state index contributed by atoms with van der Waals surface area (Å²) >= 11 is 12.7. The summed E-state index contributed by atoms with van der Waals surface area (Å²) in [6.07, 6.45) is 3.04. The molecule has 0 aliphatic carbocycles. The van der Waals surface area contributed by atoms with Crippen LogP contribution in [0.4, 0.5) is 5.69 Å². The lowest BCUT2D eigenvalue weighted by atomic mass is 10.1. The van der Waals surface area contributed by atoms with Crippen LogP contribution >= 0.6 is 23.2 Å². The Hall–Kier alpha value is -1.84. The minimum atomic E-state index is 0.656. The third-order valence-electron chi connectivity index (χ3n) is 3.77. The van der Waals surface area contributed by atoms with E-state index in [1.807, 2.05) is 31.3 Å². The Morgan fingerprint density at radius 3 is 2.39 bits per heavy atom. The van der Waals surface area contributed by atoms with Crippen molar-refractivity contribution in [1.82, 2.24) is 10.2 Å². The van der Waals surface area contributed by atoms with Gasteiger partial charge in [-0.25, -0.2) is 0 Å². The Balaban J connectivity index is 1.71. The summed E-state index contributed by atoms with van der Waals surface area (Å²) in [5.74, 6) is 1.01. The molecule has 1 aliphatic rings. The fourth-order valence-electron chi connectivity index (χ4n) is 2.68. The van der Waals surface area contributed by atoms with Gasteiger partial charge in [0.05, 0.1) is 22.4 Å². The first-order chi connectivity index (χ1) is 11.1. The zero-order valence-electron chi connectivity index (χ0n) is 13.0. The van der Waals surface area contributed by atoms with Gasteiger partial charge in [-0.3, -0.25) is 0 Å². The van der Waals surface area contributed by atoms with Crippen LogP contribution in [0.15, 0.2) is 60.6 Å². The number of rotatable bonds is 5. The normalized spacial score (nSPS) is 14.1. The van der Waals surface area contributed by atoms with E-state index in [0.29, 0.717) is 10.0 Å². The maximum absolute atomic E-state index is 6.35. The van der Waals surface area contributed by atoms with Crippen LogP contribution < -0.4 is 10.2 Å². The first-order valence-electron chi connectivity index (χ1n) is 7.56. The minimum Gasteiger partial charge on any atom is -0.370 e. The van der Waals surface area contributed by atoms with Gasteiger partial charge in [0, 0.05) is 19.8 Å². The van der Waals surface area contributed by atoms with Crippen molar-refractivity contribution in [3.8, 4) is 0 Å². The van der Waals surface area contributed by atoms with Crippen molar-refractivity contribution in [3.63, 3.8) is 0 Å². The van der Waals surface area contributed by atoms with Gasteiger partial charge < -0.3 is 15.1 Å². The molecule has 1 N–H and O–H groups in total. The number of benzene rings is 2. The monoisotopic (exact) mass is 347 g/mol. The molecule has 5 heteroatoms. The van der Waals surface area contributed by atoms with Crippen molar-refractivity contribution in [1.29, 1.82) is 0 Å². The molecule has 0 atom stereocenters. The molecule has 0 aromatic heterocycles. The molecule has 2 aromatic carbocycles. The van der Waals surface area contributed by atoms with Crippen molar-refractivity contribution in [2.75, 3.05) is 25.2 Å². The lowest BCUT2D eigenvalue weighted by molar-refractivity contribution is 0.495. The summed E-state index contributed by atoms with van der Waals surface area (Å²) in [5, 5.41) is 4.80. The molecule has 0 bridgehead atoms. The largest absolute Gasteiger partial charge is 0.370 e. The average Bonchev–Trinajstić information content (AvgIpc) is 2.89. The lowest BCUT2D eigenvalue weighted by Crippen LogP contribution is -2.32. The van der Waals surface area contributed by atoms with Crippen LogP contribution in [0, 0.1) is 0 Å². The molecule has 0 saturated heterocycles. The van der Waals surface area contributed by atoms with Crippen LogP contribution in [-0.2, 0) is 6.42 Å². The molecular formula is C18H19Cl2N3. The number of anilines is 1. The van der Waals surface area contributed by atoms with Crippen LogP contribution in [0.2, 0.25) is 10.0 Å². The number of nitrogens with one attached hydrogen (secondary N) is 1. The van der Waals surface area contributed by atoms with E-state index >= 15 is 0 Å². The molecule has 0 saturated carbocycles. The van der Waals surface area contributed by atoms with E-state index < -0.39 is 0 Å². The predicted octanol–water partition coefficient (Wildman–Crippen LogP) is 4.33. The van der Waals surface area contributed by atoms with E-state index in [4.69, 9.17) is 23.2 Å². The second kappa shape index (κ2) is 7.16. The summed E-state index contributed by atoms with van der Waals surface area (Å²) in [6.45, 7) is 1.57. The Morgan fingerprint density at radius 1 is 1.00 bits per heavy atom. The zero-order chi connectivity index (χ0) is 16.2. The SMILES string of the molecule is CN1C=C(NCCc2ccccc2)N(c2c(Cl)cccc2Cl)C1. The quantitative estimate of drug-likeness (QED) is 0.868. The minimum absolute atomic E-state index is 0.656. The summed E-state index contributed by atoms with van der Waals surface area (Å²) in [4.78, 5) is 4.21. The maximum Gasteiger partial charge on any atom is 0.124 e. The summed E-state index contributed by atoms with van der Waals surface area (Å²) in [5.41, 5.74) is 2.16. The first-order valence-corrected chi connectivity index (χ1v) is 8.32. The van der Waals surface area contributed by atoms with Crippen molar-refractivity contribution in [3.05, 3.63) is 76.2 Å². The predicted molar refractivity (Wildman–Crippen MR) is 97.8 cm³/mol. The van der Waals surface area contributed by atoms with Gasteiger partial charge in [-0.15, -0.1) is 0 Å². The molecular weight excluding hydrogens is 329 g/mol. The molecule has 0 amide bonds. The van der Waals surface area contributed by atoms with Crippen LogP contribution in [0.1, 0.15) is 5.56 Å². The Labute approximate surface area is 147 Å². The Bertz CT molecular complexity index is 680. The molecule has 23 heavy (non-hydrogen) atoms. The van der Waals surface area contributed by atoms with Crippen molar-refractivity contribution < 1.29 is 0 Å². The second-order valence-electron chi connectivity index (χ2n) is 5.57. The highest BCUT2D eigenvalue weighted by atomic mass is 35.5. The fourth-order valence-corrected chi connectivity index (χ4v) is 3.28. The smallest absolute Gasteiger partial charge is 0.124 e. The number of hydrogen-bond acceptors (Lipinski definition) is 3. The molecule has 120 valence electrons. The van der Waals surface area contributed by atoms with E-state index in [9.17, 15) is 0 Å². The molecule has 0 radical (unpaired) electrons. The van der Waals surface area contributed by atoms with E-state index in [1.165, 1.54) is 5.56 Å². The molecule has 3 rings (SSSR count). The van der Waals surface area contributed by atoms with Gasteiger partial charge >= 0.3 is 0 Å². The van der Waals surface area contributed by atoms with Crippen LogP contribution in [0.3, 0.4) is 0 Å². The standard InChI is InChI=1S/C18H19Cl2N3/c1-22-12-17(21-11-10-14-6-3-2-4-7-14)23(13-22)18-15(19)8-5-9-16(18)20/h2-9,12,21H,10-11,13H2,1H3. The van der Waals surface area contributed by atoms with E-state index in [2.05, 4.69) is 45.6 Å². The molecule has 0 unspecified atom stereocenters. The third-order valence-corrected chi connectivity index (χ3v) is 4.38. The highest BCUT2D eigenvalue weighted by Gasteiger charge is 2.23. The van der Waals surface area contributed by atoms with Crippen molar-refractivity contribution in [2.45, 2.75) is 6.42 Å². The number of nitrogens with zero attached hydrogens (tertiary/aromatic N) is 2. The zero-order valence-corrected chi connectivity index (χ0v) is 14.5. The van der Waals surface area contributed by atoms with Crippen LogP contribution in [-0.4, -0.2) is 25.2 Å². The van der Waals surface area contributed by atoms with Gasteiger partial charge in [0.25, 0.3) is 0 Å². The van der Waals surface area contributed by atoms with Crippen molar-refractivity contribution in [2.24, 2.45) is 0 Å². The molecule has 0 fully saturated rings. The maximum atomic E-state index is 6.35. The Morgan fingerprint density at radius 2 is 1.70 bits per heavy atom. The van der Waals surface area contributed by atoms with E-state index in [1.54, 1.807) is 0 Å². The third kappa shape index (κ3) is 3.74. The molecule has 1 aliphatic heterocycles. The molecule has 1 heterocycles. The Kier molecular flexibility index (Phi) is 4.99. The summed E-state index contributed by atoms with van der Waals surface area (Å²) in [6, 6.07) is 16.0. The molecule has 0 spiro atoms. The second-order valence-corrected chi connectivity index (χ2v) is 6.39. The highest BCUT2D eigenvalue weighted by molar-refractivity contribution is 6.39.